The quantitative estimate of drug-likeness (QED) is 0.358. The van der Waals surface area contributed by atoms with Crippen molar-refractivity contribution in [1.29, 1.82) is 0 Å². The molecule has 0 radical (unpaired) electrons. The molecule has 3 aromatic rings. The normalized spacial score (nSPS) is 13.9. The Hall–Kier alpha value is -3.01. The molecule has 0 aliphatic carbocycles. The van der Waals surface area contributed by atoms with Crippen molar-refractivity contribution < 1.29 is 9.47 Å². The van der Waals surface area contributed by atoms with Gasteiger partial charge in [-0.15, -0.1) is 0 Å². The second-order valence-corrected chi connectivity index (χ2v) is 7.96. The summed E-state index contributed by atoms with van der Waals surface area (Å²) in [6.07, 6.45) is 3.56. The van der Waals surface area contributed by atoms with Crippen LogP contribution in [-0.4, -0.2) is 67.6 Å². The largest absolute Gasteiger partial charge is 0.378 e. The van der Waals surface area contributed by atoms with Crippen molar-refractivity contribution in [3.63, 3.8) is 0 Å². The van der Waals surface area contributed by atoms with Crippen LogP contribution in [0.1, 0.15) is 19.3 Å². The molecule has 33 heavy (non-hydrogen) atoms. The van der Waals surface area contributed by atoms with Crippen LogP contribution in [-0.2, 0) is 9.47 Å². The van der Waals surface area contributed by atoms with Gasteiger partial charge in [-0.3, -0.25) is 0 Å². The van der Waals surface area contributed by atoms with E-state index in [2.05, 4.69) is 49.8 Å². The number of rotatable bonds is 12. The first-order chi connectivity index (χ1) is 16.3. The van der Waals surface area contributed by atoms with Crippen molar-refractivity contribution in [2.45, 2.75) is 19.3 Å². The van der Waals surface area contributed by atoms with Crippen molar-refractivity contribution in [2.75, 3.05) is 68.1 Å². The molecule has 1 fully saturated rings. The molecule has 1 saturated heterocycles. The van der Waals surface area contributed by atoms with Crippen LogP contribution in [0, 0.1) is 0 Å². The third kappa shape index (κ3) is 6.98. The van der Waals surface area contributed by atoms with E-state index in [-0.39, 0.29) is 0 Å². The number of ether oxygens (including phenoxy) is 2. The van der Waals surface area contributed by atoms with Gasteiger partial charge in [-0.1, -0.05) is 30.3 Å². The number of anilines is 4. The Labute approximate surface area is 194 Å². The first kappa shape index (κ1) is 23.2. The molecule has 1 aliphatic heterocycles. The number of hydrogen-bond acceptors (Lipinski definition) is 9. The molecular formula is C24H33N7O2. The van der Waals surface area contributed by atoms with Gasteiger partial charge in [-0.2, -0.15) is 15.0 Å². The average molecular weight is 452 g/mol. The summed E-state index contributed by atoms with van der Waals surface area (Å²) in [6.45, 7) is 5.21. The van der Waals surface area contributed by atoms with E-state index in [1.165, 1.54) is 17.2 Å². The zero-order valence-electron chi connectivity index (χ0n) is 19.0. The maximum Gasteiger partial charge on any atom is 0.233 e. The summed E-state index contributed by atoms with van der Waals surface area (Å²) in [4.78, 5) is 16.2. The first-order valence-corrected chi connectivity index (χ1v) is 11.7. The van der Waals surface area contributed by atoms with Gasteiger partial charge in [-0.05, 0) is 42.2 Å². The summed E-state index contributed by atoms with van der Waals surface area (Å²) in [6, 6.07) is 14.5. The van der Waals surface area contributed by atoms with E-state index in [0.717, 1.165) is 31.6 Å². The number of aromatic nitrogens is 3. The van der Waals surface area contributed by atoms with Gasteiger partial charge in [0.15, 0.2) is 0 Å². The fourth-order valence-corrected chi connectivity index (χ4v) is 3.77. The van der Waals surface area contributed by atoms with Gasteiger partial charge >= 0.3 is 0 Å². The van der Waals surface area contributed by atoms with Gasteiger partial charge in [-0.25, -0.2) is 0 Å². The van der Waals surface area contributed by atoms with E-state index in [1.807, 2.05) is 18.2 Å². The minimum Gasteiger partial charge on any atom is -0.378 e. The number of hydrogen-bond donors (Lipinski definition) is 3. The van der Waals surface area contributed by atoms with Gasteiger partial charge < -0.3 is 30.7 Å². The predicted octanol–water partition coefficient (Wildman–Crippen LogP) is 3.16. The highest BCUT2D eigenvalue weighted by Crippen LogP contribution is 2.23. The molecule has 2 aromatic carbocycles. The predicted molar refractivity (Wildman–Crippen MR) is 132 cm³/mol. The van der Waals surface area contributed by atoms with Crippen LogP contribution in [0.3, 0.4) is 0 Å². The lowest BCUT2D eigenvalue weighted by Gasteiger charge is -2.27. The molecular weight excluding hydrogens is 418 g/mol. The molecule has 176 valence electrons. The van der Waals surface area contributed by atoms with Gasteiger partial charge in [0.05, 0.1) is 26.4 Å². The van der Waals surface area contributed by atoms with E-state index < -0.39 is 0 Å². The highest BCUT2D eigenvalue weighted by molar-refractivity contribution is 5.86. The lowest BCUT2D eigenvalue weighted by Crippen LogP contribution is -2.31. The number of nitrogens with one attached hydrogen (secondary N) is 2. The molecule has 2 heterocycles. The summed E-state index contributed by atoms with van der Waals surface area (Å²) in [5, 5.41) is 8.99. The Morgan fingerprint density at radius 1 is 0.818 bits per heavy atom. The van der Waals surface area contributed by atoms with Crippen molar-refractivity contribution in [2.24, 2.45) is 5.73 Å². The molecule has 9 heteroatoms. The fraction of sp³-hybridized carbons (Fsp3) is 0.458. The summed E-state index contributed by atoms with van der Waals surface area (Å²) < 4.78 is 10.9. The highest BCUT2D eigenvalue weighted by Gasteiger charge is 2.16. The molecule has 9 nitrogen and oxygen atoms in total. The second-order valence-electron chi connectivity index (χ2n) is 7.96. The third-order valence-corrected chi connectivity index (χ3v) is 5.43. The molecule has 0 bridgehead atoms. The Kier molecular flexibility index (Phi) is 8.62. The molecule has 1 aliphatic rings. The standard InChI is InChI=1S/C24H33N7O2/c25-10-14-32-16-17-33-15-11-26-22-28-23(30-24(29-22)31-12-4-1-5-13-31)27-21-9-8-19-6-2-3-7-20(19)18-21/h2-3,6-9,18H,1,4-5,10-17,25H2,(H2,26,27,28,29,30). The van der Waals surface area contributed by atoms with Crippen LogP contribution in [0.15, 0.2) is 42.5 Å². The van der Waals surface area contributed by atoms with Gasteiger partial charge in [0.1, 0.15) is 0 Å². The van der Waals surface area contributed by atoms with Crippen LogP contribution in [0.2, 0.25) is 0 Å². The van der Waals surface area contributed by atoms with Gasteiger partial charge in [0, 0.05) is 31.9 Å². The third-order valence-electron chi connectivity index (χ3n) is 5.43. The lowest BCUT2D eigenvalue weighted by atomic mass is 10.1. The number of nitrogens with zero attached hydrogens (tertiary/aromatic N) is 4. The number of piperidine rings is 1. The minimum atomic E-state index is 0.524. The average Bonchev–Trinajstić information content (AvgIpc) is 2.86. The summed E-state index contributed by atoms with van der Waals surface area (Å²) in [5.74, 6) is 1.77. The number of benzene rings is 2. The number of nitrogens with two attached hydrogens (primary N) is 1. The van der Waals surface area contributed by atoms with Crippen molar-refractivity contribution >= 4 is 34.3 Å². The summed E-state index contributed by atoms with van der Waals surface area (Å²) in [7, 11) is 0. The topological polar surface area (TPSA) is 110 Å². The lowest BCUT2D eigenvalue weighted by molar-refractivity contribution is 0.0547. The van der Waals surface area contributed by atoms with Crippen LogP contribution >= 0.6 is 0 Å². The maximum absolute atomic E-state index is 5.59. The Morgan fingerprint density at radius 3 is 2.39 bits per heavy atom. The monoisotopic (exact) mass is 451 g/mol. The Bertz CT molecular complexity index is 1010. The Morgan fingerprint density at radius 2 is 1.58 bits per heavy atom. The molecule has 1 aromatic heterocycles. The SMILES string of the molecule is NCCOCCOCCNc1nc(Nc2ccc3ccccc3c2)nc(N2CCCCC2)n1. The summed E-state index contributed by atoms with van der Waals surface area (Å²) in [5.41, 5.74) is 6.34. The van der Waals surface area contributed by atoms with Gasteiger partial charge in [0.2, 0.25) is 17.8 Å². The smallest absolute Gasteiger partial charge is 0.233 e. The van der Waals surface area contributed by atoms with E-state index in [1.54, 1.807) is 0 Å². The van der Waals surface area contributed by atoms with E-state index in [0.29, 0.717) is 57.4 Å². The van der Waals surface area contributed by atoms with E-state index >= 15 is 0 Å². The fourth-order valence-electron chi connectivity index (χ4n) is 3.77. The molecule has 4 rings (SSSR count). The zero-order valence-corrected chi connectivity index (χ0v) is 19.0. The molecule has 4 N–H and O–H groups in total. The van der Waals surface area contributed by atoms with Crippen LogP contribution < -0.4 is 21.3 Å². The second kappa shape index (κ2) is 12.3. The van der Waals surface area contributed by atoms with Gasteiger partial charge in [0.25, 0.3) is 0 Å². The van der Waals surface area contributed by atoms with Crippen molar-refractivity contribution in [3.05, 3.63) is 42.5 Å². The first-order valence-electron chi connectivity index (χ1n) is 11.7. The molecule has 0 saturated carbocycles. The summed E-state index contributed by atoms with van der Waals surface area (Å²) >= 11 is 0. The van der Waals surface area contributed by atoms with Crippen molar-refractivity contribution in [3.8, 4) is 0 Å². The van der Waals surface area contributed by atoms with Crippen LogP contribution in [0.5, 0.6) is 0 Å². The zero-order chi connectivity index (χ0) is 22.7. The number of fused-ring (bicyclic) bond motifs is 1. The molecule has 0 spiro atoms. The molecule has 0 amide bonds. The van der Waals surface area contributed by atoms with E-state index in [4.69, 9.17) is 20.2 Å². The van der Waals surface area contributed by atoms with Crippen molar-refractivity contribution in [1.82, 2.24) is 15.0 Å². The molecule has 0 atom stereocenters. The highest BCUT2D eigenvalue weighted by atomic mass is 16.5. The van der Waals surface area contributed by atoms with E-state index in [9.17, 15) is 0 Å². The maximum atomic E-state index is 5.59. The Balaban J connectivity index is 1.42. The van der Waals surface area contributed by atoms with Crippen LogP contribution in [0.25, 0.3) is 10.8 Å². The van der Waals surface area contributed by atoms with Crippen LogP contribution in [0.4, 0.5) is 23.5 Å². The minimum absolute atomic E-state index is 0.524. The molecule has 0 unspecified atom stereocenters.